The molecule has 2 N–H and O–H groups in total. The average Bonchev–Trinajstić information content (AvgIpc) is 3.78. The van der Waals surface area contributed by atoms with E-state index in [9.17, 15) is 19.8 Å². The van der Waals surface area contributed by atoms with Crippen LogP contribution in [-0.4, -0.2) is 45.5 Å². The highest BCUT2D eigenvalue weighted by Gasteiger charge is 2.52. The number of anilines is 1. The quantitative estimate of drug-likeness (QED) is 0.0403. The second-order valence-electron chi connectivity index (χ2n) is 18.9. The molecular weight excluding hydrogens is 825 g/mol. The van der Waals surface area contributed by atoms with Gasteiger partial charge in [-0.05, 0) is 75.7 Å². The number of nitrogens with zero attached hydrogens (tertiary/aromatic N) is 2. The van der Waals surface area contributed by atoms with Crippen molar-refractivity contribution in [3.05, 3.63) is 156 Å². The fraction of sp³-hybridized carbons (Fsp3) is 0.361. The fourth-order valence-electron chi connectivity index (χ4n) is 11.8. The van der Waals surface area contributed by atoms with Gasteiger partial charge in [0.15, 0.2) is 12.3 Å². The van der Waals surface area contributed by atoms with Gasteiger partial charge in [0.1, 0.15) is 6.42 Å². The van der Waals surface area contributed by atoms with Crippen LogP contribution in [0.5, 0.6) is 0 Å². The number of carboxylic acids is 2. The van der Waals surface area contributed by atoms with Gasteiger partial charge in [0.2, 0.25) is 5.69 Å². The first-order valence-electron chi connectivity index (χ1n) is 25.2. The number of carbonyl (C=O) groups is 2. The topological polar surface area (TPSA) is 80.9 Å². The Balaban J connectivity index is 1.25. The van der Waals surface area contributed by atoms with Gasteiger partial charge in [-0.15, -0.1) is 0 Å². The van der Waals surface area contributed by atoms with Gasteiger partial charge in [-0.2, -0.15) is 4.58 Å². The van der Waals surface area contributed by atoms with Crippen molar-refractivity contribution in [3.63, 3.8) is 0 Å². The SMILES string of the molecule is CCCCC1(CCCC)C(/C=C/C=C/C=C/C=C2/N(CCC(=O)O)c3c(c4ccccc4c4ccccc34)C2(CCCC)CCCC)=[N+](CCC(=O)O)c2c1c1ccccc1c1ccccc21. The zero-order valence-corrected chi connectivity index (χ0v) is 40.2. The lowest BCUT2D eigenvalue weighted by atomic mass is 9.68. The van der Waals surface area contributed by atoms with Gasteiger partial charge < -0.3 is 15.1 Å². The van der Waals surface area contributed by atoms with Crippen molar-refractivity contribution in [2.24, 2.45) is 0 Å². The van der Waals surface area contributed by atoms with E-state index in [4.69, 9.17) is 0 Å². The van der Waals surface area contributed by atoms with Crippen LogP contribution in [0.4, 0.5) is 11.4 Å². The number of hydrogen-bond donors (Lipinski definition) is 2. The maximum absolute atomic E-state index is 12.3. The molecule has 0 spiro atoms. The van der Waals surface area contributed by atoms with Crippen molar-refractivity contribution in [2.75, 3.05) is 18.0 Å². The van der Waals surface area contributed by atoms with Crippen molar-refractivity contribution in [1.29, 1.82) is 0 Å². The van der Waals surface area contributed by atoms with E-state index in [1.807, 2.05) is 0 Å². The van der Waals surface area contributed by atoms with Crippen LogP contribution in [0.2, 0.25) is 0 Å². The molecule has 0 bridgehead atoms. The number of benzene rings is 6. The Labute approximate surface area is 397 Å². The Kier molecular flexibility index (Phi) is 14.9. The minimum atomic E-state index is -0.796. The van der Waals surface area contributed by atoms with Crippen molar-refractivity contribution >= 4 is 72.1 Å². The standard InChI is InChI=1S/C61H68N2O4/c1-5-9-38-60(39-10-6-2)52(62(42-36-54(64)65)58-50-32-24-20-28-46(50)44-26-18-22-30-48(44)56(58)60)34-16-14-13-15-17-35-53-61(40-11-7-3,41-12-8-4)57-49-31-23-19-27-45(49)47-29-21-25-33-51(47)59(57)63(53)43-37-55(66)67/h13-35H,5-12,36-43H2,1-4H3,(H-,64,65,66,67)/p+1. The van der Waals surface area contributed by atoms with Gasteiger partial charge in [-0.1, -0.05) is 200 Å². The molecule has 2 aliphatic heterocycles. The Hall–Kier alpha value is -6.27. The Morgan fingerprint density at radius 2 is 0.955 bits per heavy atom. The largest absolute Gasteiger partial charge is 0.481 e. The highest BCUT2D eigenvalue weighted by atomic mass is 16.4. The first kappa shape index (κ1) is 47.2. The molecular formula is C61H69N2O4+. The van der Waals surface area contributed by atoms with E-state index in [0.29, 0.717) is 13.1 Å². The molecule has 0 atom stereocenters. The van der Waals surface area contributed by atoms with E-state index < -0.39 is 11.9 Å². The van der Waals surface area contributed by atoms with Crippen LogP contribution in [0.25, 0.3) is 43.1 Å². The number of hydrogen-bond acceptors (Lipinski definition) is 3. The molecule has 6 aromatic rings. The van der Waals surface area contributed by atoms with Crippen LogP contribution < -0.4 is 4.90 Å². The van der Waals surface area contributed by atoms with Gasteiger partial charge in [-0.3, -0.25) is 9.59 Å². The third kappa shape index (κ3) is 8.88. The second kappa shape index (κ2) is 21.1. The predicted octanol–water partition coefficient (Wildman–Crippen LogP) is 15.7. The van der Waals surface area contributed by atoms with Crippen molar-refractivity contribution in [3.8, 4) is 0 Å². The molecule has 0 aliphatic carbocycles. The van der Waals surface area contributed by atoms with E-state index >= 15 is 0 Å². The van der Waals surface area contributed by atoms with Gasteiger partial charge >= 0.3 is 11.9 Å². The molecule has 346 valence electrons. The van der Waals surface area contributed by atoms with Crippen LogP contribution >= 0.6 is 0 Å². The lowest BCUT2D eigenvalue weighted by molar-refractivity contribution is -0.435. The summed E-state index contributed by atoms with van der Waals surface area (Å²) in [4.78, 5) is 27.0. The third-order valence-electron chi connectivity index (χ3n) is 14.7. The lowest BCUT2D eigenvalue weighted by Gasteiger charge is -2.34. The number of allylic oxidation sites excluding steroid dienone is 8. The molecule has 0 saturated heterocycles. The van der Waals surface area contributed by atoms with Crippen molar-refractivity contribution in [2.45, 2.75) is 128 Å². The zero-order chi connectivity index (χ0) is 47.0. The molecule has 0 saturated carbocycles. The summed E-state index contributed by atoms with van der Waals surface area (Å²) >= 11 is 0. The summed E-state index contributed by atoms with van der Waals surface area (Å²) < 4.78 is 2.36. The van der Waals surface area contributed by atoms with Gasteiger partial charge in [0.25, 0.3) is 0 Å². The molecule has 6 heteroatoms. The number of unbranched alkanes of at least 4 members (excludes halogenated alkanes) is 4. The summed E-state index contributed by atoms with van der Waals surface area (Å²) in [6, 6.07) is 35.0. The van der Waals surface area contributed by atoms with Gasteiger partial charge in [-0.25, -0.2) is 0 Å². The van der Waals surface area contributed by atoms with Crippen LogP contribution in [0, 0.1) is 0 Å². The first-order valence-corrected chi connectivity index (χ1v) is 25.2. The summed E-state index contributed by atoms with van der Waals surface area (Å²) in [5.74, 6) is -1.59. The van der Waals surface area contributed by atoms with E-state index in [1.54, 1.807) is 0 Å². The van der Waals surface area contributed by atoms with Gasteiger partial charge in [0.05, 0.1) is 22.9 Å². The number of fused-ring (bicyclic) bond motifs is 12. The van der Waals surface area contributed by atoms with Gasteiger partial charge in [0, 0.05) is 34.7 Å². The van der Waals surface area contributed by atoms with Crippen molar-refractivity contribution < 1.29 is 24.4 Å². The fourth-order valence-corrected chi connectivity index (χ4v) is 11.8. The minimum Gasteiger partial charge on any atom is -0.481 e. The zero-order valence-electron chi connectivity index (χ0n) is 40.2. The van der Waals surface area contributed by atoms with Crippen LogP contribution in [-0.2, 0) is 20.4 Å². The minimum absolute atomic E-state index is 0.0414. The van der Waals surface area contributed by atoms with E-state index in [2.05, 4.69) is 177 Å². The molecule has 0 aromatic heterocycles. The maximum Gasteiger partial charge on any atom is 0.309 e. The summed E-state index contributed by atoms with van der Waals surface area (Å²) in [6.07, 6.45) is 27.8. The van der Waals surface area contributed by atoms with Crippen molar-refractivity contribution in [1.82, 2.24) is 0 Å². The summed E-state index contributed by atoms with van der Waals surface area (Å²) in [6.45, 7) is 9.85. The molecule has 0 amide bonds. The Bertz CT molecular complexity index is 2930. The number of aliphatic carboxylic acids is 2. The Morgan fingerprint density at radius 1 is 0.522 bits per heavy atom. The molecule has 6 aromatic carbocycles. The summed E-state index contributed by atoms with van der Waals surface area (Å²) in [5, 5.41) is 30.0. The lowest BCUT2D eigenvalue weighted by Crippen LogP contribution is -2.35. The van der Waals surface area contributed by atoms with E-state index in [1.165, 1.54) is 65.6 Å². The predicted molar refractivity (Wildman–Crippen MR) is 282 cm³/mol. The maximum atomic E-state index is 12.3. The molecule has 8 rings (SSSR count). The molecule has 2 heterocycles. The highest BCUT2D eigenvalue weighted by molar-refractivity contribution is 6.20. The molecule has 0 radical (unpaired) electrons. The second-order valence-corrected chi connectivity index (χ2v) is 18.9. The molecule has 6 nitrogen and oxygen atoms in total. The van der Waals surface area contributed by atoms with E-state index in [-0.39, 0.29) is 23.7 Å². The first-order chi connectivity index (χ1) is 32.8. The Morgan fingerprint density at radius 3 is 1.49 bits per heavy atom. The molecule has 0 unspecified atom stereocenters. The van der Waals surface area contributed by atoms with E-state index in [0.717, 1.165) is 88.4 Å². The average molecular weight is 894 g/mol. The van der Waals surface area contributed by atoms with Crippen LogP contribution in [0.1, 0.15) is 129 Å². The molecule has 67 heavy (non-hydrogen) atoms. The highest BCUT2D eigenvalue weighted by Crippen LogP contribution is 2.59. The smallest absolute Gasteiger partial charge is 0.309 e. The third-order valence-corrected chi connectivity index (χ3v) is 14.7. The molecule has 2 aliphatic rings. The summed E-state index contributed by atoms with van der Waals surface area (Å²) in [5.41, 5.74) is 6.86. The number of carboxylic acid groups (broad SMARTS) is 2. The van der Waals surface area contributed by atoms with Crippen LogP contribution in [0.3, 0.4) is 0 Å². The normalized spacial score (nSPS) is 16.1. The molecule has 0 fully saturated rings. The van der Waals surface area contributed by atoms with Crippen LogP contribution in [0.15, 0.2) is 145 Å². The monoisotopic (exact) mass is 894 g/mol. The number of rotatable bonds is 22. The summed E-state index contributed by atoms with van der Waals surface area (Å²) in [7, 11) is 0.